The van der Waals surface area contributed by atoms with Crippen molar-refractivity contribution < 1.29 is 9.53 Å². The Balaban J connectivity index is 2.05. The van der Waals surface area contributed by atoms with Gasteiger partial charge in [-0.3, -0.25) is 4.79 Å². The van der Waals surface area contributed by atoms with Crippen LogP contribution in [0.25, 0.3) is 0 Å². The SMILES string of the molecule is CCc1ccc(OC(CC)C(=O)Nc2cc(Cl)cc(Cl)c2)cc1. The molecule has 0 aromatic heterocycles. The zero-order valence-electron chi connectivity index (χ0n) is 13.1. The Labute approximate surface area is 146 Å². The van der Waals surface area contributed by atoms with Crippen molar-refractivity contribution in [1.82, 2.24) is 0 Å². The number of nitrogens with one attached hydrogen (secondary N) is 1. The molecule has 122 valence electrons. The summed E-state index contributed by atoms with van der Waals surface area (Å²) in [6, 6.07) is 12.7. The highest BCUT2D eigenvalue weighted by Crippen LogP contribution is 2.23. The second kappa shape index (κ2) is 8.23. The largest absolute Gasteiger partial charge is 0.481 e. The zero-order chi connectivity index (χ0) is 16.8. The molecule has 0 aliphatic rings. The zero-order valence-corrected chi connectivity index (χ0v) is 14.6. The van der Waals surface area contributed by atoms with Crippen molar-refractivity contribution in [2.75, 3.05) is 5.32 Å². The molecule has 0 spiro atoms. The van der Waals surface area contributed by atoms with Crippen LogP contribution in [-0.4, -0.2) is 12.0 Å². The molecule has 2 aromatic rings. The van der Waals surface area contributed by atoms with Crippen molar-refractivity contribution in [2.24, 2.45) is 0 Å². The molecular formula is C18H19Cl2NO2. The quantitative estimate of drug-likeness (QED) is 0.761. The minimum absolute atomic E-state index is 0.231. The van der Waals surface area contributed by atoms with Gasteiger partial charge in [0, 0.05) is 15.7 Å². The molecule has 1 amide bonds. The maximum atomic E-state index is 12.4. The Kier molecular flexibility index (Phi) is 6.31. The van der Waals surface area contributed by atoms with Crippen LogP contribution in [-0.2, 0) is 11.2 Å². The van der Waals surface area contributed by atoms with E-state index in [2.05, 4.69) is 12.2 Å². The van der Waals surface area contributed by atoms with Gasteiger partial charge < -0.3 is 10.1 Å². The van der Waals surface area contributed by atoms with Crippen molar-refractivity contribution in [1.29, 1.82) is 0 Å². The first-order valence-corrected chi connectivity index (χ1v) is 8.30. The molecule has 0 heterocycles. The number of hydrogen-bond donors (Lipinski definition) is 1. The number of aryl methyl sites for hydroxylation is 1. The molecule has 0 aliphatic heterocycles. The molecule has 0 saturated heterocycles. The van der Waals surface area contributed by atoms with Gasteiger partial charge in [0.25, 0.3) is 5.91 Å². The molecule has 2 aromatic carbocycles. The highest BCUT2D eigenvalue weighted by molar-refractivity contribution is 6.35. The molecule has 1 atom stereocenters. The van der Waals surface area contributed by atoms with Crippen LogP contribution in [0.3, 0.4) is 0 Å². The summed E-state index contributed by atoms with van der Waals surface area (Å²) in [7, 11) is 0. The Morgan fingerprint density at radius 3 is 2.22 bits per heavy atom. The van der Waals surface area contributed by atoms with E-state index in [4.69, 9.17) is 27.9 Å². The molecule has 0 fully saturated rings. The average molecular weight is 352 g/mol. The first-order chi connectivity index (χ1) is 11.0. The molecule has 3 nitrogen and oxygen atoms in total. The van der Waals surface area contributed by atoms with Crippen LogP contribution in [0.5, 0.6) is 5.75 Å². The Morgan fingerprint density at radius 1 is 1.09 bits per heavy atom. The van der Waals surface area contributed by atoms with Gasteiger partial charge in [-0.2, -0.15) is 0 Å². The van der Waals surface area contributed by atoms with Crippen LogP contribution < -0.4 is 10.1 Å². The number of carbonyl (C=O) groups excluding carboxylic acids is 1. The van der Waals surface area contributed by atoms with Crippen molar-refractivity contribution in [3.8, 4) is 5.75 Å². The fourth-order valence-corrected chi connectivity index (χ4v) is 2.67. The predicted octanol–water partition coefficient (Wildman–Crippen LogP) is 5.35. The Morgan fingerprint density at radius 2 is 1.70 bits per heavy atom. The van der Waals surface area contributed by atoms with Gasteiger partial charge in [-0.05, 0) is 48.7 Å². The molecule has 1 N–H and O–H groups in total. The topological polar surface area (TPSA) is 38.3 Å². The maximum Gasteiger partial charge on any atom is 0.265 e. The van der Waals surface area contributed by atoms with E-state index in [1.54, 1.807) is 18.2 Å². The number of ether oxygens (including phenoxy) is 1. The van der Waals surface area contributed by atoms with E-state index in [1.807, 2.05) is 31.2 Å². The summed E-state index contributed by atoms with van der Waals surface area (Å²) in [5.74, 6) is 0.443. The van der Waals surface area contributed by atoms with Gasteiger partial charge >= 0.3 is 0 Å². The third kappa shape index (κ3) is 5.15. The van der Waals surface area contributed by atoms with Crippen LogP contribution in [0.1, 0.15) is 25.8 Å². The lowest BCUT2D eigenvalue weighted by molar-refractivity contribution is -0.122. The molecular weight excluding hydrogens is 333 g/mol. The van der Waals surface area contributed by atoms with Crippen molar-refractivity contribution >= 4 is 34.8 Å². The standard InChI is InChI=1S/C18H19Cl2NO2/c1-3-12-5-7-16(8-6-12)23-17(4-2)18(22)21-15-10-13(19)9-14(20)11-15/h5-11,17H,3-4H2,1-2H3,(H,21,22). The number of anilines is 1. The average Bonchev–Trinajstić information content (AvgIpc) is 2.52. The number of benzene rings is 2. The van der Waals surface area contributed by atoms with E-state index in [-0.39, 0.29) is 5.91 Å². The number of rotatable bonds is 6. The number of amides is 1. The number of carbonyl (C=O) groups is 1. The maximum absolute atomic E-state index is 12.4. The van der Waals surface area contributed by atoms with Crippen molar-refractivity contribution in [3.05, 3.63) is 58.1 Å². The van der Waals surface area contributed by atoms with Gasteiger partial charge in [-0.15, -0.1) is 0 Å². The minimum Gasteiger partial charge on any atom is -0.481 e. The lowest BCUT2D eigenvalue weighted by Crippen LogP contribution is -2.32. The molecule has 0 saturated carbocycles. The summed E-state index contributed by atoms with van der Waals surface area (Å²) in [4.78, 5) is 12.4. The van der Waals surface area contributed by atoms with Gasteiger partial charge in [-0.25, -0.2) is 0 Å². The fourth-order valence-electron chi connectivity index (χ4n) is 2.14. The van der Waals surface area contributed by atoms with Gasteiger partial charge in [0.1, 0.15) is 5.75 Å². The third-order valence-electron chi connectivity index (χ3n) is 3.40. The number of hydrogen-bond acceptors (Lipinski definition) is 2. The smallest absolute Gasteiger partial charge is 0.265 e. The molecule has 1 unspecified atom stereocenters. The van der Waals surface area contributed by atoms with Gasteiger partial charge in [0.2, 0.25) is 0 Å². The van der Waals surface area contributed by atoms with E-state index in [0.29, 0.717) is 27.9 Å². The number of halogens is 2. The van der Waals surface area contributed by atoms with Crippen LogP contribution in [0.4, 0.5) is 5.69 Å². The van der Waals surface area contributed by atoms with E-state index in [0.717, 1.165) is 6.42 Å². The normalized spacial score (nSPS) is 11.8. The van der Waals surface area contributed by atoms with Gasteiger partial charge in [0.05, 0.1) is 0 Å². The van der Waals surface area contributed by atoms with E-state index in [9.17, 15) is 4.79 Å². The van der Waals surface area contributed by atoms with Crippen molar-refractivity contribution in [3.63, 3.8) is 0 Å². The molecule has 23 heavy (non-hydrogen) atoms. The molecule has 5 heteroatoms. The third-order valence-corrected chi connectivity index (χ3v) is 3.84. The monoisotopic (exact) mass is 351 g/mol. The van der Waals surface area contributed by atoms with Crippen molar-refractivity contribution in [2.45, 2.75) is 32.8 Å². The molecule has 0 aliphatic carbocycles. The summed E-state index contributed by atoms with van der Waals surface area (Å²) >= 11 is 11.9. The molecule has 0 bridgehead atoms. The lowest BCUT2D eigenvalue weighted by Gasteiger charge is -2.17. The van der Waals surface area contributed by atoms with Crippen LogP contribution in [0.2, 0.25) is 10.0 Å². The molecule has 0 radical (unpaired) electrons. The van der Waals surface area contributed by atoms with Gasteiger partial charge in [0.15, 0.2) is 6.10 Å². The van der Waals surface area contributed by atoms with Crippen LogP contribution in [0.15, 0.2) is 42.5 Å². The molecule has 2 rings (SSSR count). The summed E-state index contributed by atoms with van der Waals surface area (Å²) < 4.78 is 5.78. The minimum atomic E-state index is -0.583. The first kappa shape index (κ1) is 17.6. The van der Waals surface area contributed by atoms with Gasteiger partial charge in [-0.1, -0.05) is 49.2 Å². The van der Waals surface area contributed by atoms with E-state index >= 15 is 0 Å². The first-order valence-electron chi connectivity index (χ1n) is 7.54. The highest BCUT2D eigenvalue weighted by Gasteiger charge is 2.18. The second-order valence-electron chi connectivity index (χ2n) is 5.16. The van der Waals surface area contributed by atoms with E-state index in [1.165, 1.54) is 5.56 Å². The van der Waals surface area contributed by atoms with Crippen LogP contribution in [0, 0.1) is 0 Å². The lowest BCUT2D eigenvalue weighted by atomic mass is 10.1. The Hall–Kier alpha value is -1.71. The Bertz CT molecular complexity index is 651. The van der Waals surface area contributed by atoms with Crippen LogP contribution >= 0.6 is 23.2 Å². The highest BCUT2D eigenvalue weighted by atomic mass is 35.5. The van der Waals surface area contributed by atoms with E-state index < -0.39 is 6.10 Å². The summed E-state index contributed by atoms with van der Waals surface area (Å²) in [6.45, 7) is 3.99. The summed E-state index contributed by atoms with van der Waals surface area (Å²) in [6.07, 6.45) is 0.934. The summed E-state index contributed by atoms with van der Waals surface area (Å²) in [5, 5.41) is 3.72. The summed E-state index contributed by atoms with van der Waals surface area (Å²) in [5.41, 5.74) is 1.78. The predicted molar refractivity (Wildman–Crippen MR) is 95.6 cm³/mol. The fraction of sp³-hybridized carbons (Fsp3) is 0.278. The second-order valence-corrected chi connectivity index (χ2v) is 6.03.